The van der Waals surface area contributed by atoms with E-state index in [1.807, 2.05) is 0 Å². The van der Waals surface area contributed by atoms with E-state index in [2.05, 4.69) is 11.3 Å². The van der Waals surface area contributed by atoms with Gasteiger partial charge in [-0.2, -0.15) is 0 Å². The van der Waals surface area contributed by atoms with E-state index in [0.29, 0.717) is 0 Å². The zero-order valence-corrected chi connectivity index (χ0v) is 11.7. The second-order valence-corrected chi connectivity index (χ2v) is 4.42. The van der Waals surface area contributed by atoms with Crippen LogP contribution in [0.4, 0.5) is 4.39 Å². The summed E-state index contributed by atoms with van der Waals surface area (Å²) in [6.07, 6.45) is -2.20. The number of rotatable bonds is 5. The number of esters is 2. The SMILES string of the molecule is C=C(C(=O)OC(C)C)C(F)c1ccccc1C(=O)OC. The van der Waals surface area contributed by atoms with Crippen LogP contribution in [0.3, 0.4) is 0 Å². The number of halogens is 1. The molecule has 1 atom stereocenters. The lowest BCUT2D eigenvalue weighted by Crippen LogP contribution is -2.17. The Bertz CT molecular complexity index is 522. The van der Waals surface area contributed by atoms with E-state index in [0.717, 1.165) is 0 Å². The molecule has 0 radical (unpaired) electrons. The summed E-state index contributed by atoms with van der Waals surface area (Å²) in [5.41, 5.74) is -0.263. The van der Waals surface area contributed by atoms with Crippen molar-refractivity contribution >= 4 is 11.9 Å². The van der Waals surface area contributed by atoms with Crippen molar-refractivity contribution in [2.45, 2.75) is 26.1 Å². The highest BCUT2D eigenvalue weighted by Crippen LogP contribution is 2.29. The molecule has 4 nitrogen and oxygen atoms in total. The summed E-state index contributed by atoms with van der Waals surface area (Å²) < 4.78 is 23.8. The normalized spacial score (nSPS) is 11.8. The summed E-state index contributed by atoms with van der Waals surface area (Å²) in [6, 6.07) is 5.98. The Kier molecular flexibility index (Phi) is 5.43. The van der Waals surface area contributed by atoms with Crippen molar-refractivity contribution in [3.8, 4) is 0 Å². The number of carbonyl (C=O) groups is 2. The fourth-order valence-electron chi connectivity index (χ4n) is 1.59. The molecule has 0 fully saturated rings. The van der Waals surface area contributed by atoms with E-state index < -0.39 is 18.1 Å². The van der Waals surface area contributed by atoms with Gasteiger partial charge in [-0.15, -0.1) is 0 Å². The largest absolute Gasteiger partial charge is 0.465 e. The quantitative estimate of drug-likeness (QED) is 0.614. The molecule has 1 aromatic carbocycles. The average Bonchev–Trinajstić information content (AvgIpc) is 2.44. The lowest BCUT2D eigenvalue weighted by atomic mass is 9.98. The van der Waals surface area contributed by atoms with E-state index in [1.165, 1.54) is 19.2 Å². The summed E-state index contributed by atoms with van der Waals surface area (Å²) in [6.45, 7) is 6.72. The van der Waals surface area contributed by atoms with Gasteiger partial charge in [-0.1, -0.05) is 24.8 Å². The Hall–Kier alpha value is -2.17. The Balaban J connectivity index is 3.03. The maximum atomic E-state index is 14.4. The highest BCUT2D eigenvalue weighted by atomic mass is 19.1. The predicted molar refractivity (Wildman–Crippen MR) is 72.0 cm³/mol. The van der Waals surface area contributed by atoms with Crippen LogP contribution in [-0.2, 0) is 14.3 Å². The zero-order chi connectivity index (χ0) is 15.3. The van der Waals surface area contributed by atoms with Gasteiger partial charge in [0.15, 0.2) is 6.17 Å². The molecule has 0 saturated carbocycles. The van der Waals surface area contributed by atoms with Crippen molar-refractivity contribution in [3.05, 3.63) is 47.5 Å². The van der Waals surface area contributed by atoms with Crippen LogP contribution in [0.5, 0.6) is 0 Å². The van der Waals surface area contributed by atoms with E-state index in [4.69, 9.17) is 4.74 Å². The molecule has 20 heavy (non-hydrogen) atoms. The second-order valence-electron chi connectivity index (χ2n) is 4.42. The van der Waals surface area contributed by atoms with Crippen molar-refractivity contribution in [3.63, 3.8) is 0 Å². The van der Waals surface area contributed by atoms with Crippen LogP contribution in [0, 0.1) is 0 Å². The van der Waals surface area contributed by atoms with Gasteiger partial charge < -0.3 is 9.47 Å². The summed E-state index contributed by atoms with van der Waals surface area (Å²) in [7, 11) is 1.20. The zero-order valence-electron chi connectivity index (χ0n) is 11.7. The smallest absolute Gasteiger partial charge is 0.338 e. The molecule has 0 saturated heterocycles. The van der Waals surface area contributed by atoms with Gasteiger partial charge >= 0.3 is 11.9 Å². The van der Waals surface area contributed by atoms with E-state index in [1.54, 1.807) is 26.0 Å². The molecule has 0 aliphatic heterocycles. The summed E-state index contributed by atoms with van der Waals surface area (Å²) in [4.78, 5) is 23.2. The minimum Gasteiger partial charge on any atom is -0.465 e. The molecule has 0 aliphatic carbocycles. The molecular weight excluding hydrogens is 263 g/mol. The Morgan fingerprint density at radius 3 is 2.40 bits per heavy atom. The van der Waals surface area contributed by atoms with Crippen molar-refractivity contribution in [2.24, 2.45) is 0 Å². The maximum Gasteiger partial charge on any atom is 0.338 e. The number of hydrogen-bond acceptors (Lipinski definition) is 4. The third-order valence-electron chi connectivity index (χ3n) is 2.55. The first-order chi connectivity index (χ1) is 9.38. The van der Waals surface area contributed by atoms with Crippen molar-refractivity contribution in [1.82, 2.24) is 0 Å². The van der Waals surface area contributed by atoms with Crippen LogP contribution < -0.4 is 0 Å². The van der Waals surface area contributed by atoms with Crippen molar-refractivity contribution < 1.29 is 23.5 Å². The highest BCUT2D eigenvalue weighted by molar-refractivity contribution is 5.93. The van der Waals surface area contributed by atoms with Gasteiger partial charge in [0.25, 0.3) is 0 Å². The van der Waals surface area contributed by atoms with Crippen LogP contribution >= 0.6 is 0 Å². The Labute approximate surface area is 117 Å². The van der Waals surface area contributed by atoms with Gasteiger partial charge in [0, 0.05) is 5.56 Å². The number of methoxy groups -OCH3 is 1. The van der Waals surface area contributed by atoms with Gasteiger partial charge in [-0.05, 0) is 19.9 Å². The Morgan fingerprint density at radius 2 is 1.85 bits per heavy atom. The third kappa shape index (κ3) is 3.66. The summed E-state index contributed by atoms with van der Waals surface area (Å²) in [5.74, 6) is -1.50. The van der Waals surface area contributed by atoms with Gasteiger partial charge in [0.05, 0.1) is 24.4 Å². The van der Waals surface area contributed by atoms with Gasteiger partial charge in [0.1, 0.15) is 0 Å². The first kappa shape index (κ1) is 15.9. The number of benzene rings is 1. The Morgan fingerprint density at radius 1 is 1.25 bits per heavy atom. The van der Waals surface area contributed by atoms with Gasteiger partial charge in [-0.25, -0.2) is 14.0 Å². The van der Waals surface area contributed by atoms with E-state index in [9.17, 15) is 14.0 Å². The monoisotopic (exact) mass is 280 g/mol. The van der Waals surface area contributed by atoms with Crippen LogP contribution in [-0.4, -0.2) is 25.2 Å². The molecule has 0 amide bonds. The second kappa shape index (κ2) is 6.84. The van der Waals surface area contributed by atoms with Crippen molar-refractivity contribution in [1.29, 1.82) is 0 Å². The van der Waals surface area contributed by atoms with Crippen LogP contribution in [0.15, 0.2) is 36.4 Å². The summed E-state index contributed by atoms with van der Waals surface area (Å²) in [5, 5.41) is 0. The minimum absolute atomic E-state index is 0.0325. The van der Waals surface area contributed by atoms with Crippen LogP contribution in [0.2, 0.25) is 0 Å². The van der Waals surface area contributed by atoms with Crippen LogP contribution in [0.25, 0.3) is 0 Å². The summed E-state index contributed by atoms with van der Waals surface area (Å²) >= 11 is 0. The molecular formula is C15H17FO4. The topological polar surface area (TPSA) is 52.6 Å². The van der Waals surface area contributed by atoms with Gasteiger partial charge in [-0.3, -0.25) is 0 Å². The fourth-order valence-corrected chi connectivity index (χ4v) is 1.59. The van der Waals surface area contributed by atoms with E-state index >= 15 is 0 Å². The lowest BCUT2D eigenvalue weighted by Gasteiger charge is -2.15. The number of ether oxygens (including phenoxy) is 2. The number of carbonyl (C=O) groups excluding carboxylic acids is 2. The molecule has 0 aromatic heterocycles. The first-order valence-corrected chi connectivity index (χ1v) is 6.09. The van der Waals surface area contributed by atoms with Gasteiger partial charge in [0.2, 0.25) is 0 Å². The van der Waals surface area contributed by atoms with Crippen LogP contribution in [0.1, 0.15) is 35.9 Å². The molecule has 1 aromatic rings. The van der Waals surface area contributed by atoms with Crippen molar-refractivity contribution in [2.75, 3.05) is 7.11 Å². The molecule has 0 bridgehead atoms. The number of alkyl halides is 1. The average molecular weight is 280 g/mol. The number of hydrogen-bond donors (Lipinski definition) is 0. The lowest BCUT2D eigenvalue weighted by molar-refractivity contribution is -0.143. The molecule has 0 aliphatic rings. The standard InChI is InChI=1S/C15H17FO4/c1-9(2)20-14(17)10(3)13(16)11-7-5-6-8-12(11)15(18)19-4/h5-9,13H,3H2,1-2,4H3. The molecule has 0 spiro atoms. The highest BCUT2D eigenvalue weighted by Gasteiger charge is 2.26. The maximum absolute atomic E-state index is 14.4. The molecule has 0 heterocycles. The molecule has 1 rings (SSSR count). The molecule has 0 N–H and O–H groups in total. The fraction of sp³-hybridized carbons (Fsp3) is 0.333. The first-order valence-electron chi connectivity index (χ1n) is 6.09. The van der Waals surface area contributed by atoms with E-state index in [-0.39, 0.29) is 22.8 Å². The molecule has 108 valence electrons. The molecule has 1 unspecified atom stereocenters. The molecule has 5 heteroatoms. The predicted octanol–water partition coefficient (Wildman–Crippen LogP) is 2.99. The third-order valence-corrected chi connectivity index (χ3v) is 2.55. The minimum atomic E-state index is -1.82.